The second-order valence-corrected chi connectivity index (χ2v) is 5.02. The summed E-state index contributed by atoms with van der Waals surface area (Å²) in [5.74, 6) is 1.69. The molecule has 2 aliphatic rings. The van der Waals surface area contributed by atoms with Gasteiger partial charge in [-0.2, -0.15) is 0 Å². The van der Waals surface area contributed by atoms with Crippen molar-refractivity contribution in [2.75, 3.05) is 0 Å². The minimum absolute atomic E-state index is 0.224. The molecule has 0 radical (unpaired) electrons. The average Bonchev–Trinajstić information content (AvgIpc) is 2.49. The lowest BCUT2D eigenvalue weighted by molar-refractivity contribution is -0.128. The fourth-order valence-electron chi connectivity index (χ4n) is 3.04. The Hall–Kier alpha value is -0.660. The van der Waals surface area contributed by atoms with Crippen LogP contribution in [0.2, 0.25) is 0 Å². The first-order valence-electron chi connectivity index (χ1n) is 5.71. The predicted molar refractivity (Wildman–Crippen MR) is 53.9 cm³/mol. The number of Topliss-reactive ketones (excluding diaryl/α,β-unsaturated/α-hetero) is 2. The fraction of sp³-hybridized carbons (Fsp3) is 0.833. The van der Waals surface area contributed by atoms with Gasteiger partial charge in [-0.25, -0.2) is 0 Å². The summed E-state index contributed by atoms with van der Waals surface area (Å²) in [6.45, 7) is 2.02. The van der Waals surface area contributed by atoms with E-state index in [-0.39, 0.29) is 11.8 Å². The minimum atomic E-state index is 0.224. The van der Waals surface area contributed by atoms with Gasteiger partial charge in [0.25, 0.3) is 0 Å². The van der Waals surface area contributed by atoms with Gasteiger partial charge in [-0.15, -0.1) is 0 Å². The predicted octanol–water partition coefficient (Wildman–Crippen LogP) is 2.36. The van der Waals surface area contributed by atoms with Crippen LogP contribution in [-0.2, 0) is 9.59 Å². The highest BCUT2D eigenvalue weighted by atomic mass is 16.1. The van der Waals surface area contributed by atoms with Crippen LogP contribution >= 0.6 is 0 Å². The van der Waals surface area contributed by atoms with Gasteiger partial charge >= 0.3 is 0 Å². The Labute approximate surface area is 85.1 Å². The smallest absolute Gasteiger partial charge is 0.136 e. The summed E-state index contributed by atoms with van der Waals surface area (Å²) in [5.41, 5.74) is 0. The zero-order valence-electron chi connectivity index (χ0n) is 8.79. The molecule has 78 valence electrons. The SMILES string of the molecule is C[C@H]1CC(=O)C[C@@H]2CCC[C@H]2C(=O)C1. The molecule has 0 aromatic carbocycles. The van der Waals surface area contributed by atoms with Crippen LogP contribution in [0, 0.1) is 17.8 Å². The Morgan fingerprint density at radius 2 is 1.86 bits per heavy atom. The van der Waals surface area contributed by atoms with Crippen molar-refractivity contribution in [3.63, 3.8) is 0 Å². The number of carbonyl (C=O) groups is 2. The monoisotopic (exact) mass is 194 g/mol. The molecule has 2 nitrogen and oxygen atoms in total. The Balaban J connectivity index is 2.12. The summed E-state index contributed by atoms with van der Waals surface area (Å²) < 4.78 is 0. The van der Waals surface area contributed by atoms with Gasteiger partial charge < -0.3 is 0 Å². The minimum Gasteiger partial charge on any atom is -0.300 e. The third-order valence-corrected chi connectivity index (χ3v) is 3.69. The van der Waals surface area contributed by atoms with Crippen molar-refractivity contribution in [3.05, 3.63) is 0 Å². The van der Waals surface area contributed by atoms with Crippen LogP contribution in [0.3, 0.4) is 0 Å². The Morgan fingerprint density at radius 3 is 2.64 bits per heavy atom. The van der Waals surface area contributed by atoms with Crippen LogP contribution < -0.4 is 0 Å². The van der Waals surface area contributed by atoms with Crippen molar-refractivity contribution in [2.45, 2.75) is 45.4 Å². The first kappa shape index (κ1) is 9.88. The number of ketones is 2. The molecule has 0 aliphatic heterocycles. The zero-order valence-corrected chi connectivity index (χ0v) is 8.79. The van der Waals surface area contributed by atoms with Crippen LogP contribution in [0.15, 0.2) is 0 Å². The number of hydrogen-bond acceptors (Lipinski definition) is 2. The largest absolute Gasteiger partial charge is 0.300 e. The summed E-state index contributed by atoms with van der Waals surface area (Å²) in [6, 6.07) is 0. The molecule has 2 aliphatic carbocycles. The molecule has 0 bridgehead atoms. The summed E-state index contributed by atoms with van der Waals surface area (Å²) in [6.07, 6.45) is 5.19. The molecule has 14 heavy (non-hydrogen) atoms. The van der Waals surface area contributed by atoms with Crippen molar-refractivity contribution in [2.24, 2.45) is 17.8 Å². The van der Waals surface area contributed by atoms with Gasteiger partial charge in [0.2, 0.25) is 0 Å². The van der Waals surface area contributed by atoms with E-state index in [1.54, 1.807) is 0 Å². The van der Waals surface area contributed by atoms with Gasteiger partial charge in [-0.05, 0) is 24.7 Å². The summed E-state index contributed by atoms with van der Waals surface area (Å²) in [5, 5.41) is 0. The summed E-state index contributed by atoms with van der Waals surface area (Å²) in [7, 11) is 0. The first-order valence-corrected chi connectivity index (χ1v) is 5.71. The van der Waals surface area contributed by atoms with Gasteiger partial charge in [0.05, 0.1) is 0 Å². The van der Waals surface area contributed by atoms with Gasteiger partial charge in [0.1, 0.15) is 11.6 Å². The highest BCUT2D eigenvalue weighted by Crippen LogP contribution is 2.38. The molecular weight excluding hydrogens is 176 g/mol. The van der Waals surface area contributed by atoms with E-state index in [4.69, 9.17) is 0 Å². The summed E-state index contributed by atoms with van der Waals surface area (Å²) >= 11 is 0. The zero-order chi connectivity index (χ0) is 10.1. The molecule has 0 N–H and O–H groups in total. The third kappa shape index (κ3) is 1.89. The lowest BCUT2D eigenvalue weighted by Gasteiger charge is -2.23. The Kier molecular flexibility index (Phi) is 2.71. The van der Waals surface area contributed by atoms with E-state index in [0.717, 1.165) is 19.3 Å². The highest BCUT2D eigenvalue weighted by molar-refractivity contribution is 5.86. The molecule has 3 atom stereocenters. The molecule has 0 unspecified atom stereocenters. The quantitative estimate of drug-likeness (QED) is 0.593. The highest BCUT2D eigenvalue weighted by Gasteiger charge is 2.36. The van der Waals surface area contributed by atoms with Crippen molar-refractivity contribution in [3.8, 4) is 0 Å². The van der Waals surface area contributed by atoms with Crippen molar-refractivity contribution in [1.29, 1.82) is 0 Å². The van der Waals surface area contributed by atoms with E-state index in [0.29, 0.717) is 36.7 Å². The van der Waals surface area contributed by atoms with Crippen LogP contribution in [0.25, 0.3) is 0 Å². The number of fused-ring (bicyclic) bond motifs is 1. The molecular formula is C12H18O2. The van der Waals surface area contributed by atoms with Crippen molar-refractivity contribution >= 4 is 11.6 Å². The lowest BCUT2D eigenvalue weighted by atomic mass is 9.79. The molecule has 0 heterocycles. The van der Waals surface area contributed by atoms with E-state index in [1.165, 1.54) is 0 Å². The number of hydrogen-bond donors (Lipinski definition) is 0. The molecule has 0 amide bonds. The van der Waals surface area contributed by atoms with Crippen LogP contribution in [0.5, 0.6) is 0 Å². The number of carbonyl (C=O) groups excluding carboxylic acids is 2. The standard InChI is InChI=1S/C12H18O2/c1-8-5-10(13)7-9-3-2-4-11(9)12(14)6-8/h8-9,11H,2-7H2,1H3/t8-,9-,11+/m0/s1. The van der Waals surface area contributed by atoms with Crippen molar-refractivity contribution in [1.82, 2.24) is 0 Å². The van der Waals surface area contributed by atoms with Gasteiger partial charge in [0.15, 0.2) is 0 Å². The molecule has 2 heteroatoms. The van der Waals surface area contributed by atoms with E-state index >= 15 is 0 Å². The second kappa shape index (κ2) is 3.84. The molecule has 2 saturated carbocycles. The fourth-order valence-corrected chi connectivity index (χ4v) is 3.04. The molecule has 0 aromatic rings. The topological polar surface area (TPSA) is 34.1 Å². The molecule has 0 spiro atoms. The van der Waals surface area contributed by atoms with Crippen molar-refractivity contribution < 1.29 is 9.59 Å². The van der Waals surface area contributed by atoms with Crippen LogP contribution in [-0.4, -0.2) is 11.6 Å². The maximum Gasteiger partial charge on any atom is 0.136 e. The molecule has 2 fully saturated rings. The van der Waals surface area contributed by atoms with E-state index in [9.17, 15) is 9.59 Å². The maximum atomic E-state index is 11.9. The van der Waals surface area contributed by atoms with Crippen LogP contribution in [0.1, 0.15) is 45.4 Å². The molecule has 0 aromatic heterocycles. The van der Waals surface area contributed by atoms with E-state index < -0.39 is 0 Å². The van der Waals surface area contributed by atoms with Gasteiger partial charge in [-0.1, -0.05) is 13.3 Å². The van der Waals surface area contributed by atoms with E-state index in [2.05, 4.69) is 0 Å². The van der Waals surface area contributed by atoms with Gasteiger partial charge in [-0.3, -0.25) is 9.59 Å². The Bertz CT molecular complexity index is 257. The normalized spacial score (nSPS) is 39.1. The summed E-state index contributed by atoms with van der Waals surface area (Å²) in [4.78, 5) is 23.4. The lowest BCUT2D eigenvalue weighted by Crippen LogP contribution is -2.27. The molecule has 0 saturated heterocycles. The average molecular weight is 194 g/mol. The number of rotatable bonds is 0. The van der Waals surface area contributed by atoms with E-state index in [1.807, 2.05) is 6.92 Å². The van der Waals surface area contributed by atoms with Gasteiger partial charge in [0, 0.05) is 25.2 Å². The molecule has 2 rings (SSSR count). The maximum absolute atomic E-state index is 11.9. The first-order chi connectivity index (χ1) is 6.66. The van der Waals surface area contributed by atoms with Crippen LogP contribution in [0.4, 0.5) is 0 Å². The Morgan fingerprint density at radius 1 is 1.07 bits per heavy atom. The third-order valence-electron chi connectivity index (χ3n) is 3.69. The second-order valence-electron chi connectivity index (χ2n) is 5.02.